The number of alkyl carbamates (subject to hydrolysis) is 1. The van der Waals surface area contributed by atoms with Gasteiger partial charge in [-0.25, -0.2) is 9.36 Å². The fraction of sp³-hybridized carbons (Fsp3) is 0.333. The molecule has 0 heterocycles. The average molecular weight is 437 g/mol. The Bertz CT molecular complexity index is 819. The van der Waals surface area contributed by atoms with E-state index in [4.69, 9.17) is 14.5 Å². The van der Waals surface area contributed by atoms with E-state index in [1.54, 1.807) is 12.1 Å². The van der Waals surface area contributed by atoms with Crippen molar-refractivity contribution in [2.24, 2.45) is 5.92 Å². The standard InChI is InChI=1S/C14H19NO3.C7H9O4P/c1-11(2)8-13(9-16)15-14(17)18-10-12-6-4-3-5-7-12;1-6-2-4-7(5-3-6)11-12(8,9)10/h3-7,9,11,13H,8,10H2,1-2H3,(H,15,17);2-5H,1H3,(H2,8,9,10). The van der Waals surface area contributed by atoms with Crippen LogP contribution in [0.15, 0.2) is 54.6 Å². The summed E-state index contributed by atoms with van der Waals surface area (Å²) in [6.45, 7) is 6.07. The Labute approximate surface area is 176 Å². The Morgan fingerprint density at radius 2 is 1.70 bits per heavy atom. The molecule has 0 aliphatic heterocycles. The van der Waals surface area contributed by atoms with Gasteiger partial charge in [-0.05, 0) is 37.0 Å². The molecule has 0 saturated carbocycles. The summed E-state index contributed by atoms with van der Waals surface area (Å²) in [6.07, 6.45) is 0.796. The van der Waals surface area contributed by atoms with Gasteiger partial charge in [0.25, 0.3) is 0 Å². The molecule has 164 valence electrons. The number of hydrogen-bond donors (Lipinski definition) is 3. The van der Waals surface area contributed by atoms with E-state index in [2.05, 4.69) is 9.84 Å². The SMILES string of the molecule is CC(C)CC(C=O)NC(=O)OCc1ccccc1.Cc1ccc(OP(=O)(O)O)cc1. The smallest absolute Gasteiger partial charge is 0.445 e. The summed E-state index contributed by atoms with van der Waals surface area (Å²) in [4.78, 5) is 39.1. The lowest BCUT2D eigenvalue weighted by Crippen LogP contribution is -2.37. The Hall–Kier alpha value is -2.67. The number of carbonyl (C=O) groups excluding carboxylic acids is 2. The zero-order chi connectivity index (χ0) is 22.6. The molecular weight excluding hydrogens is 409 g/mol. The minimum absolute atomic E-state index is 0.175. The second-order valence-corrected chi connectivity index (χ2v) is 8.14. The molecule has 30 heavy (non-hydrogen) atoms. The number of aldehydes is 1. The van der Waals surface area contributed by atoms with Crippen LogP contribution in [0.1, 0.15) is 31.4 Å². The number of phosphoric acid groups is 1. The van der Waals surface area contributed by atoms with Crippen molar-refractivity contribution in [3.63, 3.8) is 0 Å². The Balaban J connectivity index is 0.000000325. The number of nitrogens with one attached hydrogen (secondary N) is 1. The summed E-state index contributed by atoms with van der Waals surface area (Å²) in [7, 11) is -4.40. The highest BCUT2D eigenvalue weighted by molar-refractivity contribution is 7.46. The van der Waals surface area contributed by atoms with Crippen LogP contribution in [-0.4, -0.2) is 28.2 Å². The van der Waals surface area contributed by atoms with E-state index in [1.165, 1.54) is 12.1 Å². The van der Waals surface area contributed by atoms with E-state index in [0.717, 1.165) is 17.4 Å². The molecule has 1 amide bonds. The minimum atomic E-state index is -4.40. The van der Waals surface area contributed by atoms with E-state index in [9.17, 15) is 14.2 Å². The van der Waals surface area contributed by atoms with Crippen LogP contribution < -0.4 is 9.84 Å². The number of benzene rings is 2. The number of amides is 1. The molecule has 9 heteroatoms. The predicted octanol–water partition coefficient (Wildman–Crippen LogP) is 3.99. The van der Waals surface area contributed by atoms with E-state index < -0.39 is 20.0 Å². The third-order valence-corrected chi connectivity index (χ3v) is 4.10. The van der Waals surface area contributed by atoms with Crippen LogP contribution in [-0.2, 0) is 20.7 Å². The molecule has 1 atom stereocenters. The Morgan fingerprint density at radius 1 is 1.10 bits per heavy atom. The molecule has 0 radical (unpaired) electrons. The van der Waals surface area contributed by atoms with Crippen LogP contribution >= 0.6 is 7.82 Å². The minimum Gasteiger partial charge on any atom is -0.445 e. The van der Waals surface area contributed by atoms with Gasteiger partial charge in [0.15, 0.2) is 0 Å². The quantitative estimate of drug-likeness (QED) is 0.422. The maximum Gasteiger partial charge on any atom is 0.524 e. The highest BCUT2D eigenvalue weighted by atomic mass is 31.2. The van der Waals surface area contributed by atoms with Gasteiger partial charge in [-0.2, -0.15) is 0 Å². The molecule has 0 aromatic heterocycles. The van der Waals surface area contributed by atoms with Crippen LogP contribution in [0.25, 0.3) is 0 Å². The summed E-state index contributed by atoms with van der Waals surface area (Å²) in [5, 5.41) is 2.54. The highest BCUT2D eigenvalue weighted by Crippen LogP contribution is 2.37. The van der Waals surface area contributed by atoms with E-state index in [-0.39, 0.29) is 12.4 Å². The molecule has 1 unspecified atom stereocenters. The third kappa shape index (κ3) is 12.0. The molecule has 0 saturated heterocycles. The lowest BCUT2D eigenvalue weighted by atomic mass is 10.1. The van der Waals surface area contributed by atoms with Gasteiger partial charge >= 0.3 is 13.9 Å². The summed E-state index contributed by atoms with van der Waals surface area (Å²) < 4.78 is 19.7. The van der Waals surface area contributed by atoms with Crippen LogP contribution in [0, 0.1) is 12.8 Å². The first-order valence-corrected chi connectivity index (χ1v) is 10.9. The monoisotopic (exact) mass is 437 g/mol. The molecule has 0 aliphatic carbocycles. The maximum atomic E-state index is 11.5. The number of phosphoric ester groups is 1. The van der Waals surface area contributed by atoms with Crippen molar-refractivity contribution in [1.82, 2.24) is 5.32 Å². The van der Waals surface area contributed by atoms with Gasteiger partial charge in [0.2, 0.25) is 0 Å². The van der Waals surface area contributed by atoms with Crippen molar-refractivity contribution in [3.8, 4) is 5.75 Å². The zero-order valence-electron chi connectivity index (χ0n) is 17.2. The van der Waals surface area contributed by atoms with Gasteiger partial charge in [0.1, 0.15) is 18.6 Å². The van der Waals surface area contributed by atoms with E-state index in [0.29, 0.717) is 12.3 Å². The molecule has 0 fully saturated rings. The second kappa shape index (κ2) is 12.8. The molecule has 0 bridgehead atoms. The van der Waals surface area contributed by atoms with Crippen molar-refractivity contribution in [2.75, 3.05) is 0 Å². The number of carbonyl (C=O) groups is 2. The Kier molecular flexibility index (Phi) is 10.8. The molecule has 3 N–H and O–H groups in total. The number of hydrogen-bond acceptors (Lipinski definition) is 5. The fourth-order valence-electron chi connectivity index (χ4n) is 2.31. The summed E-state index contributed by atoms with van der Waals surface area (Å²) in [5.41, 5.74) is 1.92. The summed E-state index contributed by atoms with van der Waals surface area (Å²) in [5.74, 6) is 0.517. The van der Waals surface area contributed by atoms with E-state index in [1.807, 2.05) is 51.1 Å². The molecule has 2 aromatic rings. The van der Waals surface area contributed by atoms with Gasteiger partial charge in [0, 0.05) is 0 Å². The molecule has 0 aliphatic rings. The van der Waals surface area contributed by atoms with Crippen molar-refractivity contribution in [1.29, 1.82) is 0 Å². The topological polar surface area (TPSA) is 122 Å². The summed E-state index contributed by atoms with van der Waals surface area (Å²) in [6, 6.07) is 15.4. The average Bonchev–Trinajstić information content (AvgIpc) is 2.67. The third-order valence-electron chi connectivity index (χ3n) is 3.65. The van der Waals surface area contributed by atoms with Crippen molar-refractivity contribution < 1.29 is 33.2 Å². The van der Waals surface area contributed by atoms with Crippen molar-refractivity contribution >= 4 is 20.2 Å². The van der Waals surface area contributed by atoms with Crippen molar-refractivity contribution in [2.45, 2.75) is 39.8 Å². The highest BCUT2D eigenvalue weighted by Gasteiger charge is 2.15. The first-order valence-electron chi connectivity index (χ1n) is 9.33. The fourth-order valence-corrected chi connectivity index (χ4v) is 2.71. The molecule has 0 spiro atoms. The number of rotatable bonds is 8. The van der Waals surface area contributed by atoms with Crippen LogP contribution in [0.5, 0.6) is 5.75 Å². The molecular formula is C21H28NO7P. The molecule has 8 nitrogen and oxygen atoms in total. The maximum absolute atomic E-state index is 11.5. The largest absolute Gasteiger partial charge is 0.524 e. The van der Waals surface area contributed by atoms with Crippen LogP contribution in [0.4, 0.5) is 4.79 Å². The predicted molar refractivity (Wildman–Crippen MR) is 113 cm³/mol. The second-order valence-electron chi connectivity index (χ2n) is 6.97. The van der Waals surface area contributed by atoms with E-state index >= 15 is 0 Å². The van der Waals surface area contributed by atoms with Gasteiger partial charge in [0.05, 0.1) is 6.04 Å². The lowest BCUT2D eigenvalue weighted by Gasteiger charge is -2.14. The van der Waals surface area contributed by atoms with Crippen LogP contribution in [0.2, 0.25) is 0 Å². The lowest BCUT2D eigenvalue weighted by molar-refractivity contribution is -0.109. The normalized spacial score (nSPS) is 11.7. The van der Waals surface area contributed by atoms with Gasteiger partial charge in [-0.1, -0.05) is 61.9 Å². The first-order chi connectivity index (χ1) is 14.1. The molecule has 2 aromatic carbocycles. The van der Waals surface area contributed by atoms with Crippen molar-refractivity contribution in [3.05, 3.63) is 65.7 Å². The number of ether oxygens (including phenoxy) is 1. The molecule has 2 rings (SSSR count). The van der Waals surface area contributed by atoms with Gasteiger partial charge in [-0.15, -0.1) is 0 Å². The summed E-state index contributed by atoms with van der Waals surface area (Å²) >= 11 is 0. The first kappa shape index (κ1) is 25.4. The van der Waals surface area contributed by atoms with Crippen LogP contribution in [0.3, 0.4) is 0 Å². The Morgan fingerprint density at radius 3 is 2.20 bits per heavy atom. The number of aryl methyl sites for hydroxylation is 1. The van der Waals surface area contributed by atoms with Gasteiger partial charge in [-0.3, -0.25) is 9.79 Å². The van der Waals surface area contributed by atoms with Gasteiger partial charge < -0.3 is 19.4 Å². The zero-order valence-corrected chi connectivity index (χ0v) is 18.1.